The lowest BCUT2D eigenvalue weighted by Gasteiger charge is -2.11. The zero-order chi connectivity index (χ0) is 17.9. The fraction of sp³-hybridized carbons (Fsp3) is 0.238. The van der Waals surface area contributed by atoms with Crippen molar-refractivity contribution in [2.75, 3.05) is 0 Å². The van der Waals surface area contributed by atoms with Gasteiger partial charge in [0.1, 0.15) is 5.82 Å². The number of carbonyl (C=O) groups is 1. The lowest BCUT2D eigenvalue weighted by molar-refractivity contribution is -0.122. The average Bonchev–Trinajstić information content (AvgIpc) is 3.29. The van der Waals surface area contributed by atoms with Crippen LogP contribution in [0.25, 0.3) is 0 Å². The van der Waals surface area contributed by atoms with E-state index in [1.54, 1.807) is 18.3 Å². The molecule has 0 saturated heterocycles. The van der Waals surface area contributed by atoms with E-state index in [1.807, 2.05) is 47.3 Å². The molecule has 1 saturated carbocycles. The van der Waals surface area contributed by atoms with Crippen molar-refractivity contribution in [1.82, 2.24) is 15.1 Å². The van der Waals surface area contributed by atoms with E-state index >= 15 is 0 Å². The summed E-state index contributed by atoms with van der Waals surface area (Å²) in [6, 6.07) is 16.6. The second-order valence-electron chi connectivity index (χ2n) is 6.66. The van der Waals surface area contributed by atoms with E-state index in [-0.39, 0.29) is 23.6 Å². The largest absolute Gasteiger partial charge is 0.352 e. The first-order valence-corrected chi connectivity index (χ1v) is 8.78. The van der Waals surface area contributed by atoms with Gasteiger partial charge in [-0.1, -0.05) is 42.5 Å². The van der Waals surface area contributed by atoms with Crippen LogP contribution >= 0.6 is 0 Å². The van der Waals surface area contributed by atoms with Crippen molar-refractivity contribution >= 4 is 5.91 Å². The first-order chi connectivity index (χ1) is 12.7. The van der Waals surface area contributed by atoms with E-state index < -0.39 is 0 Å². The van der Waals surface area contributed by atoms with Crippen LogP contribution in [-0.4, -0.2) is 15.7 Å². The summed E-state index contributed by atoms with van der Waals surface area (Å²) in [7, 11) is 0. The quantitative estimate of drug-likeness (QED) is 0.740. The second-order valence-corrected chi connectivity index (χ2v) is 6.66. The third-order valence-electron chi connectivity index (χ3n) is 4.89. The number of hydrogen-bond acceptors (Lipinski definition) is 2. The number of nitrogens with zero attached hydrogens (tertiary/aromatic N) is 2. The Balaban J connectivity index is 1.38. The molecule has 1 aliphatic carbocycles. The van der Waals surface area contributed by atoms with E-state index in [2.05, 4.69) is 10.4 Å². The first-order valence-electron chi connectivity index (χ1n) is 8.78. The first kappa shape index (κ1) is 16.5. The number of benzene rings is 2. The Labute approximate surface area is 151 Å². The lowest BCUT2D eigenvalue weighted by atomic mass is 10.1. The molecular formula is C21H20FN3O. The molecule has 2 atom stereocenters. The van der Waals surface area contributed by atoms with Crippen molar-refractivity contribution in [1.29, 1.82) is 0 Å². The minimum atomic E-state index is -0.225. The molecule has 4 rings (SSSR count). The molecule has 5 heteroatoms. The molecule has 1 fully saturated rings. The van der Waals surface area contributed by atoms with Gasteiger partial charge in [-0.3, -0.25) is 9.48 Å². The van der Waals surface area contributed by atoms with Gasteiger partial charge in [0.15, 0.2) is 0 Å². The Bertz CT molecular complexity index is 907. The van der Waals surface area contributed by atoms with Crippen LogP contribution in [0.15, 0.2) is 67.0 Å². The lowest BCUT2D eigenvalue weighted by Crippen LogP contribution is -2.25. The molecular weight excluding hydrogens is 329 g/mol. The Morgan fingerprint density at radius 3 is 2.65 bits per heavy atom. The van der Waals surface area contributed by atoms with Crippen LogP contribution in [0.2, 0.25) is 0 Å². The maximum absolute atomic E-state index is 13.9. The highest BCUT2D eigenvalue weighted by atomic mass is 19.1. The van der Waals surface area contributed by atoms with Gasteiger partial charge in [-0.15, -0.1) is 0 Å². The Kier molecular flexibility index (Phi) is 4.52. The summed E-state index contributed by atoms with van der Waals surface area (Å²) in [5.41, 5.74) is 2.84. The number of aromatic nitrogens is 2. The van der Waals surface area contributed by atoms with Crippen LogP contribution in [0.4, 0.5) is 4.39 Å². The van der Waals surface area contributed by atoms with Crippen molar-refractivity contribution in [2.24, 2.45) is 5.92 Å². The number of nitrogens with one attached hydrogen (secondary N) is 1. The predicted octanol–water partition coefficient (Wildman–Crippen LogP) is 3.49. The van der Waals surface area contributed by atoms with Crippen LogP contribution in [-0.2, 0) is 17.9 Å². The van der Waals surface area contributed by atoms with Gasteiger partial charge in [-0.05, 0) is 41.2 Å². The van der Waals surface area contributed by atoms with Crippen LogP contribution in [0.5, 0.6) is 0 Å². The predicted molar refractivity (Wildman–Crippen MR) is 96.9 cm³/mol. The van der Waals surface area contributed by atoms with Gasteiger partial charge in [0, 0.05) is 24.9 Å². The van der Waals surface area contributed by atoms with Crippen molar-refractivity contribution in [3.05, 3.63) is 89.5 Å². The number of amides is 1. The highest BCUT2D eigenvalue weighted by molar-refractivity contribution is 5.82. The monoisotopic (exact) mass is 349 g/mol. The van der Waals surface area contributed by atoms with Crippen molar-refractivity contribution in [2.45, 2.75) is 25.4 Å². The van der Waals surface area contributed by atoms with Crippen LogP contribution in [0, 0.1) is 11.7 Å². The van der Waals surface area contributed by atoms with Crippen molar-refractivity contribution in [3.63, 3.8) is 0 Å². The summed E-state index contributed by atoms with van der Waals surface area (Å²) in [5, 5.41) is 7.24. The van der Waals surface area contributed by atoms with Crippen LogP contribution in [0.1, 0.15) is 29.0 Å². The zero-order valence-corrected chi connectivity index (χ0v) is 14.3. The summed E-state index contributed by atoms with van der Waals surface area (Å²) >= 11 is 0. The fourth-order valence-corrected chi connectivity index (χ4v) is 3.37. The molecule has 0 bridgehead atoms. The van der Waals surface area contributed by atoms with Crippen molar-refractivity contribution in [3.8, 4) is 0 Å². The van der Waals surface area contributed by atoms with Gasteiger partial charge in [0.2, 0.25) is 5.91 Å². The van der Waals surface area contributed by atoms with E-state index in [0.29, 0.717) is 25.1 Å². The molecule has 2 unspecified atom stereocenters. The second kappa shape index (κ2) is 7.12. The number of rotatable bonds is 6. The van der Waals surface area contributed by atoms with Crippen LogP contribution in [0.3, 0.4) is 0 Å². The maximum atomic E-state index is 13.9. The highest BCUT2D eigenvalue weighted by Gasteiger charge is 2.44. The molecule has 0 spiro atoms. The van der Waals surface area contributed by atoms with E-state index in [9.17, 15) is 9.18 Å². The summed E-state index contributed by atoms with van der Waals surface area (Å²) in [5.74, 6) is -0.370. The van der Waals surface area contributed by atoms with Gasteiger partial charge in [0.25, 0.3) is 0 Å². The molecule has 0 radical (unpaired) electrons. The molecule has 132 valence electrons. The molecule has 1 aliphatic rings. The molecule has 0 aliphatic heterocycles. The molecule has 3 aromatic rings. The van der Waals surface area contributed by atoms with Gasteiger partial charge in [-0.2, -0.15) is 5.10 Å². The average molecular weight is 349 g/mol. The normalized spacial score (nSPS) is 18.5. The topological polar surface area (TPSA) is 46.9 Å². The zero-order valence-electron chi connectivity index (χ0n) is 14.3. The Hall–Kier alpha value is -2.95. The molecule has 1 N–H and O–H groups in total. The number of hydrogen-bond donors (Lipinski definition) is 1. The van der Waals surface area contributed by atoms with E-state index in [4.69, 9.17) is 0 Å². The Morgan fingerprint density at radius 2 is 1.88 bits per heavy atom. The van der Waals surface area contributed by atoms with E-state index in [0.717, 1.165) is 11.1 Å². The smallest absolute Gasteiger partial charge is 0.224 e. The van der Waals surface area contributed by atoms with Gasteiger partial charge in [-0.25, -0.2) is 4.39 Å². The van der Waals surface area contributed by atoms with Gasteiger partial charge < -0.3 is 5.32 Å². The van der Waals surface area contributed by atoms with Gasteiger partial charge in [0.05, 0.1) is 6.54 Å². The summed E-state index contributed by atoms with van der Waals surface area (Å²) in [4.78, 5) is 12.5. The molecule has 1 heterocycles. The summed E-state index contributed by atoms with van der Waals surface area (Å²) < 4.78 is 15.7. The summed E-state index contributed by atoms with van der Waals surface area (Å²) in [6.45, 7) is 1.14. The standard InChI is InChI=1S/C21H20FN3O/c22-20-9-4-3-8-17(20)18-12-19(18)21(26)23-13-15-6-1-2-7-16(15)14-25-11-5-10-24-25/h1-11,18-19H,12-14H2,(H,23,26). The third kappa shape index (κ3) is 3.52. The summed E-state index contributed by atoms with van der Waals surface area (Å²) in [6.07, 6.45) is 4.38. The maximum Gasteiger partial charge on any atom is 0.224 e. The minimum Gasteiger partial charge on any atom is -0.352 e. The minimum absolute atomic E-state index is 0.00415. The molecule has 1 amide bonds. The Morgan fingerprint density at radius 1 is 1.12 bits per heavy atom. The van der Waals surface area contributed by atoms with Crippen LogP contribution < -0.4 is 5.32 Å². The molecule has 26 heavy (non-hydrogen) atoms. The third-order valence-corrected chi connectivity index (χ3v) is 4.89. The SMILES string of the molecule is O=C(NCc1ccccc1Cn1cccn1)C1CC1c1ccccc1F. The van der Waals surface area contributed by atoms with Gasteiger partial charge >= 0.3 is 0 Å². The number of halogens is 1. The molecule has 4 nitrogen and oxygen atoms in total. The molecule has 2 aromatic carbocycles. The number of carbonyl (C=O) groups excluding carboxylic acids is 1. The highest BCUT2D eigenvalue weighted by Crippen LogP contribution is 2.48. The fourth-order valence-electron chi connectivity index (χ4n) is 3.37. The molecule has 1 aromatic heterocycles. The van der Waals surface area contributed by atoms with E-state index in [1.165, 1.54) is 6.07 Å². The van der Waals surface area contributed by atoms with Crippen molar-refractivity contribution < 1.29 is 9.18 Å².